The maximum Gasteiger partial charge on any atom is 0.317 e. The van der Waals surface area contributed by atoms with E-state index in [-0.39, 0.29) is 6.03 Å². The van der Waals surface area contributed by atoms with Gasteiger partial charge in [-0.05, 0) is 20.3 Å². The zero-order chi connectivity index (χ0) is 14.5. The normalized spacial score (nSPS) is 16.4. The summed E-state index contributed by atoms with van der Waals surface area (Å²) in [5, 5.41) is 6.91. The first-order valence-corrected chi connectivity index (χ1v) is 7.28. The summed E-state index contributed by atoms with van der Waals surface area (Å²) in [5.74, 6) is 0.894. The third-order valence-corrected chi connectivity index (χ3v) is 3.75. The van der Waals surface area contributed by atoms with Crippen LogP contribution in [0.1, 0.15) is 30.4 Å². The number of amides is 2. The molecule has 1 aliphatic heterocycles. The Morgan fingerprint density at radius 2 is 2.00 bits per heavy atom. The number of hydrogen-bond acceptors (Lipinski definition) is 4. The van der Waals surface area contributed by atoms with Gasteiger partial charge in [-0.3, -0.25) is 4.90 Å². The molecular weight excluding hydrogens is 256 g/mol. The number of aromatic nitrogens is 1. The van der Waals surface area contributed by atoms with Gasteiger partial charge in [0.25, 0.3) is 0 Å². The van der Waals surface area contributed by atoms with Crippen LogP contribution in [0.15, 0.2) is 4.52 Å². The summed E-state index contributed by atoms with van der Waals surface area (Å²) in [4.78, 5) is 16.1. The maximum atomic E-state index is 11.9. The minimum atomic E-state index is 0.0591. The summed E-state index contributed by atoms with van der Waals surface area (Å²) in [5.41, 5.74) is 2.14. The van der Waals surface area contributed by atoms with Crippen molar-refractivity contribution >= 4 is 6.03 Å². The fourth-order valence-electron chi connectivity index (χ4n) is 2.40. The van der Waals surface area contributed by atoms with Gasteiger partial charge >= 0.3 is 6.03 Å². The summed E-state index contributed by atoms with van der Waals surface area (Å²) >= 11 is 0. The minimum absolute atomic E-state index is 0.0591. The predicted molar refractivity (Wildman–Crippen MR) is 76.5 cm³/mol. The van der Waals surface area contributed by atoms with Crippen molar-refractivity contribution in [3.63, 3.8) is 0 Å². The van der Waals surface area contributed by atoms with Crippen LogP contribution in [0.2, 0.25) is 0 Å². The van der Waals surface area contributed by atoms with Crippen molar-refractivity contribution in [2.75, 3.05) is 32.7 Å². The number of carbonyl (C=O) groups is 1. The molecule has 6 heteroatoms. The number of hydrogen-bond donors (Lipinski definition) is 1. The second kappa shape index (κ2) is 6.74. The van der Waals surface area contributed by atoms with E-state index in [2.05, 4.69) is 22.3 Å². The predicted octanol–water partition coefficient (Wildman–Crippen LogP) is 1.53. The molecule has 0 unspecified atom stereocenters. The molecule has 1 aromatic heterocycles. The molecule has 1 fully saturated rings. The average Bonchev–Trinajstić information content (AvgIpc) is 2.77. The van der Waals surface area contributed by atoms with E-state index in [9.17, 15) is 4.79 Å². The van der Waals surface area contributed by atoms with Crippen LogP contribution >= 0.6 is 0 Å². The van der Waals surface area contributed by atoms with Gasteiger partial charge in [0.15, 0.2) is 0 Å². The largest absolute Gasteiger partial charge is 0.361 e. The van der Waals surface area contributed by atoms with Crippen LogP contribution in [0.3, 0.4) is 0 Å². The van der Waals surface area contributed by atoms with Crippen molar-refractivity contribution in [3.8, 4) is 0 Å². The summed E-state index contributed by atoms with van der Waals surface area (Å²) < 4.78 is 5.19. The highest BCUT2D eigenvalue weighted by Crippen LogP contribution is 2.16. The lowest BCUT2D eigenvalue weighted by Crippen LogP contribution is -2.51. The van der Waals surface area contributed by atoms with E-state index >= 15 is 0 Å². The van der Waals surface area contributed by atoms with Gasteiger partial charge in [-0.2, -0.15) is 0 Å². The van der Waals surface area contributed by atoms with E-state index in [4.69, 9.17) is 4.52 Å². The number of nitrogens with zero attached hydrogens (tertiary/aromatic N) is 3. The minimum Gasteiger partial charge on any atom is -0.361 e. The Kier molecular flexibility index (Phi) is 5.00. The summed E-state index contributed by atoms with van der Waals surface area (Å²) in [6, 6.07) is 0.0591. The molecule has 0 saturated carbocycles. The second-order valence-electron chi connectivity index (χ2n) is 5.30. The Morgan fingerprint density at radius 3 is 2.55 bits per heavy atom. The van der Waals surface area contributed by atoms with Crippen molar-refractivity contribution in [2.24, 2.45) is 0 Å². The number of carbonyl (C=O) groups excluding carboxylic acids is 1. The molecular formula is C14H24N4O2. The first-order valence-electron chi connectivity index (χ1n) is 7.28. The van der Waals surface area contributed by atoms with Gasteiger partial charge in [0.2, 0.25) is 0 Å². The molecule has 2 rings (SSSR count). The van der Waals surface area contributed by atoms with Gasteiger partial charge in [0, 0.05) is 44.8 Å². The van der Waals surface area contributed by atoms with Gasteiger partial charge in [-0.1, -0.05) is 12.1 Å². The Balaban J connectivity index is 1.81. The zero-order valence-corrected chi connectivity index (χ0v) is 12.6. The SMILES string of the molecule is CCCNC(=O)N1CCN(Cc2c(C)noc2C)CC1. The van der Waals surface area contributed by atoms with Gasteiger partial charge in [-0.25, -0.2) is 4.79 Å². The first-order chi connectivity index (χ1) is 9.61. The van der Waals surface area contributed by atoms with E-state index in [1.165, 1.54) is 5.56 Å². The number of piperazine rings is 1. The fraction of sp³-hybridized carbons (Fsp3) is 0.714. The van der Waals surface area contributed by atoms with Gasteiger partial charge in [0.05, 0.1) is 5.69 Å². The van der Waals surface area contributed by atoms with Gasteiger partial charge in [0.1, 0.15) is 5.76 Å². The molecule has 6 nitrogen and oxygen atoms in total. The molecule has 2 heterocycles. The fourth-order valence-corrected chi connectivity index (χ4v) is 2.40. The molecule has 0 radical (unpaired) electrons. The summed E-state index contributed by atoms with van der Waals surface area (Å²) in [6.45, 7) is 10.9. The van der Waals surface area contributed by atoms with Crippen LogP contribution in [0.5, 0.6) is 0 Å². The third kappa shape index (κ3) is 3.50. The molecule has 1 saturated heterocycles. The average molecular weight is 280 g/mol. The van der Waals surface area contributed by atoms with E-state index in [1.807, 2.05) is 18.7 Å². The van der Waals surface area contributed by atoms with Crippen molar-refractivity contribution in [2.45, 2.75) is 33.7 Å². The summed E-state index contributed by atoms with van der Waals surface area (Å²) in [7, 11) is 0. The molecule has 0 spiro atoms. The highest BCUT2D eigenvalue weighted by Gasteiger charge is 2.22. The quantitative estimate of drug-likeness (QED) is 0.908. The molecule has 112 valence electrons. The molecule has 0 aliphatic carbocycles. The number of aryl methyl sites for hydroxylation is 2. The van der Waals surface area contributed by atoms with Crippen LogP contribution in [-0.2, 0) is 6.54 Å². The lowest BCUT2D eigenvalue weighted by molar-refractivity contribution is 0.135. The second-order valence-corrected chi connectivity index (χ2v) is 5.30. The molecule has 0 aromatic carbocycles. The Hall–Kier alpha value is -1.56. The van der Waals surface area contributed by atoms with Crippen LogP contribution in [0, 0.1) is 13.8 Å². The number of nitrogens with one attached hydrogen (secondary N) is 1. The van der Waals surface area contributed by atoms with Crippen LogP contribution in [0.4, 0.5) is 4.79 Å². The molecule has 0 bridgehead atoms. The van der Waals surface area contributed by atoms with E-state index < -0.39 is 0 Å². The van der Waals surface area contributed by atoms with Crippen molar-refractivity contribution in [1.82, 2.24) is 20.3 Å². The van der Waals surface area contributed by atoms with Crippen LogP contribution in [0.25, 0.3) is 0 Å². The molecule has 1 N–H and O–H groups in total. The lowest BCUT2D eigenvalue weighted by Gasteiger charge is -2.34. The van der Waals surface area contributed by atoms with Crippen molar-refractivity contribution in [3.05, 3.63) is 17.0 Å². The van der Waals surface area contributed by atoms with Crippen molar-refractivity contribution in [1.29, 1.82) is 0 Å². The molecule has 2 amide bonds. The first kappa shape index (κ1) is 14.8. The Morgan fingerprint density at radius 1 is 1.30 bits per heavy atom. The number of urea groups is 1. The van der Waals surface area contributed by atoms with Gasteiger partial charge < -0.3 is 14.7 Å². The Bertz CT molecular complexity index is 431. The molecule has 1 aliphatic rings. The highest BCUT2D eigenvalue weighted by atomic mass is 16.5. The lowest BCUT2D eigenvalue weighted by atomic mass is 10.2. The zero-order valence-electron chi connectivity index (χ0n) is 12.6. The van der Waals surface area contributed by atoms with E-state index in [1.54, 1.807) is 0 Å². The van der Waals surface area contributed by atoms with Crippen LogP contribution < -0.4 is 5.32 Å². The summed E-state index contributed by atoms with van der Waals surface area (Å²) in [6.07, 6.45) is 0.970. The Labute approximate surface area is 120 Å². The standard InChI is InChI=1S/C14H24N4O2/c1-4-5-15-14(19)18-8-6-17(7-9-18)10-13-11(2)16-20-12(13)3/h4-10H2,1-3H3,(H,15,19). The topological polar surface area (TPSA) is 61.6 Å². The van der Waals surface area contributed by atoms with E-state index in [0.29, 0.717) is 0 Å². The van der Waals surface area contributed by atoms with Gasteiger partial charge in [-0.15, -0.1) is 0 Å². The highest BCUT2D eigenvalue weighted by molar-refractivity contribution is 5.74. The number of rotatable bonds is 4. The molecule has 0 atom stereocenters. The van der Waals surface area contributed by atoms with Crippen LogP contribution in [-0.4, -0.2) is 53.7 Å². The van der Waals surface area contributed by atoms with E-state index in [0.717, 1.165) is 57.1 Å². The third-order valence-electron chi connectivity index (χ3n) is 3.75. The molecule has 1 aromatic rings. The monoisotopic (exact) mass is 280 g/mol. The van der Waals surface area contributed by atoms with Crippen molar-refractivity contribution < 1.29 is 9.32 Å². The maximum absolute atomic E-state index is 11.9. The molecule has 20 heavy (non-hydrogen) atoms. The smallest absolute Gasteiger partial charge is 0.317 e.